The van der Waals surface area contributed by atoms with E-state index in [-0.39, 0.29) is 23.9 Å². The van der Waals surface area contributed by atoms with Crippen LogP contribution < -0.4 is 9.61 Å². The number of aromatic hydroxyl groups is 1. The van der Waals surface area contributed by atoms with Crippen LogP contribution in [0.5, 0.6) is 5.75 Å². The van der Waals surface area contributed by atoms with Crippen molar-refractivity contribution in [3.8, 4) is 16.9 Å². The molecular weight excluding hydrogens is 556 g/mol. The minimum Gasteiger partial charge on any atom is -0.508 e. The Morgan fingerprint density at radius 1 is 0.875 bits per heavy atom. The van der Waals surface area contributed by atoms with E-state index in [1.54, 1.807) is 42.5 Å². The molecule has 0 aromatic heterocycles. The number of anilines is 1. The third-order valence-corrected chi connectivity index (χ3v) is 10.4. The smallest absolute Gasteiger partial charge is 0.356 e. The molecule has 3 atom stereocenters. The maximum absolute atomic E-state index is 13.5. The van der Waals surface area contributed by atoms with Gasteiger partial charge in [-0.05, 0) is 72.0 Å². The van der Waals surface area contributed by atoms with Gasteiger partial charge >= 0.3 is 7.60 Å². The summed E-state index contributed by atoms with van der Waals surface area (Å²) in [5.74, 6) is -0.575. The van der Waals surface area contributed by atoms with Gasteiger partial charge in [0.15, 0.2) is 0 Å². The maximum Gasteiger partial charge on any atom is 0.356 e. The summed E-state index contributed by atoms with van der Waals surface area (Å²) in [5.41, 5.74) is 2.50. The Kier molecular flexibility index (Phi) is 7.56. The number of benzene rings is 4. The molecule has 4 aromatic carbocycles. The zero-order valence-electron chi connectivity index (χ0n) is 21.1. The number of rotatable bonds is 8. The van der Waals surface area contributed by atoms with Crippen LogP contribution in [0, 0.1) is 5.82 Å². The number of phenolic OH excluding ortho intramolecular Hbond substituents is 1. The minimum atomic E-state index is -4.39. The van der Waals surface area contributed by atoms with Gasteiger partial charge in [0.05, 0.1) is 23.1 Å². The van der Waals surface area contributed by atoms with E-state index in [0.29, 0.717) is 27.9 Å². The van der Waals surface area contributed by atoms with E-state index >= 15 is 0 Å². The lowest BCUT2D eigenvalue weighted by Gasteiger charge is -2.48. The molecule has 5 rings (SSSR count). The summed E-state index contributed by atoms with van der Waals surface area (Å²) in [7, 11) is -8.21. The first-order chi connectivity index (χ1) is 19.0. The highest BCUT2D eigenvalue weighted by Gasteiger charge is 2.54. The van der Waals surface area contributed by atoms with Crippen LogP contribution in [0.1, 0.15) is 36.1 Å². The number of hydrogen-bond donors (Lipinski definition) is 4. The predicted octanol–water partition coefficient (Wildman–Crippen LogP) is 4.77. The summed E-state index contributed by atoms with van der Waals surface area (Å²) >= 11 is 0. The van der Waals surface area contributed by atoms with Crippen LogP contribution in [0.3, 0.4) is 0 Å². The lowest BCUT2D eigenvalue weighted by atomic mass is 9.94. The van der Waals surface area contributed by atoms with Crippen LogP contribution >= 0.6 is 7.60 Å². The highest BCUT2D eigenvalue weighted by Crippen LogP contribution is 2.50. The summed E-state index contributed by atoms with van der Waals surface area (Å²) < 4.78 is 53.0. The van der Waals surface area contributed by atoms with Gasteiger partial charge in [0.1, 0.15) is 16.8 Å². The molecule has 0 bridgehead atoms. The van der Waals surface area contributed by atoms with E-state index in [9.17, 15) is 37.4 Å². The van der Waals surface area contributed by atoms with Gasteiger partial charge in [-0.25, -0.2) is 12.8 Å². The van der Waals surface area contributed by atoms with E-state index in [4.69, 9.17) is 0 Å². The fraction of sp³-hybridized carbons (Fsp3) is 0.172. The Labute approximate surface area is 231 Å². The van der Waals surface area contributed by atoms with Gasteiger partial charge in [-0.2, -0.15) is 0 Å². The Hall–Kier alpha value is -3.53. The van der Waals surface area contributed by atoms with Crippen molar-refractivity contribution in [2.24, 2.45) is 0 Å². The van der Waals surface area contributed by atoms with Gasteiger partial charge < -0.3 is 20.0 Å². The second-order valence-electron chi connectivity index (χ2n) is 9.67. The van der Waals surface area contributed by atoms with E-state index in [1.165, 1.54) is 58.9 Å². The fourth-order valence-electron chi connectivity index (χ4n) is 5.07. The van der Waals surface area contributed by atoms with Gasteiger partial charge in [0.25, 0.3) is 0 Å². The van der Waals surface area contributed by atoms with Crippen molar-refractivity contribution in [2.45, 2.75) is 30.2 Å². The van der Waals surface area contributed by atoms with Crippen LogP contribution in [0.25, 0.3) is 11.1 Å². The van der Waals surface area contributed by atoms with E-state index in [0.717, 1.165) is 0 Å². The molecule has 1 aliphatic rings. The third kappa shape index (κ3) is 5.41. The van der Waals surface area contributed by atoms with Gasteiger partial charge in [-0.15, -0.1) is 0 Å². The van der Waals surface area contributed by atoms with Gasteiger partial charge in [0, 0.05) is 5.56 Å². The van der Waals surface area contributed by atoms with Crippen molar-refractivity contribution in [2.75, 3.05) is 4.31 Å². The second-order valence-corrected chi connectivity index (χ2v) is 13.3. The molecule has 1 fully saturated rings. The number of phenols is 1. The largest absolute Gasteiger partial charge is 0.508 e. The molecule has 0 radical (unpaired) electrons. The zero-order chi connectivity index (χ0) is 28.7. The number of para-hydroxylation sites is 1. The maximum atomic E-state index is 13.5. The Morgan fingerprint density at radius 3 is 2.10 bits per heavy atom. The van der Waals surface area contributed by atoms with Crippen molar-refractivity contribution in [1.82, 2.24) is 0 Å². The number of aliphatic hydroxyl groups excluding tert-OH is 1. The number of hydrogen-bond acceptors (Lipinski definition) is 5. The lowest BCUT2D eigenvalue weighted by Crippen LogP contribution is -2.58. The highest BCUT2D eigenvalue weighted by atomic mass is 32.2. The molecule has 1 heterocycles. The highest BCUT2D eigenvalue weighted by molar-refractivity contribution is 7.95. The van der Waals surface area contributed by atoms with E-state index in [2.05, 4.69) is 0 Å². The van der Waals surface area contributed by atoms with Crippen LogP contribution in [0.2, 0.25) is 0 Å². The van der Waals surface area contributed by atoms with Crippen LogP contribution in [-0.2, 0) is 14.6 Å². The van der Waals surface area contributed by atoms with Crippen molar-refractivity contribution in [3.63, 3.8) is 0 Å². The van der Waals surface area contributed by atoms with E-state index < -0.39 is 40.8 Å². The van der Waals surface area contributed by atoms with Crippen molar-refractivity contribution >= 4 is 28.6 Å². The summed E-state index contributed by atoms with van der Waals surface area (Å²) in [4.78, 5) is 18.7. The average molecular weight is 584 g/mol. The van der Waals surface area contributed by atoms with Gasteiger partial charge in [-0.3, -0.25) is 8.87 Å². The molecule has 1 aliphatic heterocycles. The number of sulfonamides is 1. The summed E-state index contributed by atoms with van der Waals surface area (Å²) in [5, 5.41) is 20.7. The number of halogens is 1. The van der Waals surface area contributed by atoms with Gasteiger partial charge in [-0.1, -0.05) is 54.6 Å². The number of nitrogens with zero attached hydrogens (tertiary/aromatic N) is 1. The molecule has 0 saturated carbocycles. The summed E-state index contributed by atoms with van der Waals surface area (Å²) in [6.45, 7) is 0. The van der Waals surface area contributed by atoms with Crippen LogP contribution in [0.4, 0.5) is 10.1 Å². The van der Waals surface area contributed by atoms with Crippen molar-refractivity contribution in [1.29, 1.82) is 0 Å². The lowest BCUT2D eigenvalue weighted by molar-refractivity contribution is 0.162. The SMILES string of the molecule is O=P(O)(O)c1ccc(-c2ccc(C3C(CCC(O)c4ccc(F)cc4)S(=O)(=O)N3c3ccccc3)c(O)c2)cc1. The number of aliphatic hydroxyl groups is 1. The monoisotopic (exact) mass is 583 g/mol. The summed E-state index contributed by atoms with van der Waals surface area (Å²) in [6, 6.07) is 23.7. The van der Waals surface area contributed by atoms with Crippen LogP contribution in [0.15, 0.2) is 97.1 Å². The molecular formula is C29H27FNO7PS. The zero-order valence-corrected chi connectivity index (χ0v) is 22.8. The molecule has 0 spiro atoms. The average Bonchev–Trinajstić information content (AvgIpc) is 2.92. The molecule has 8 nitrogen and oxygen atoms in total. The minimum absolute atomic E-state index is 0.0971. The second kappa shape index (κ2) is 10.8. The van der Waals surface area contributed by atoms with Crippen molar-refractivity contribution < 1.29 is 37.4 Å². The molecule has 208 valence electrons. The Bertz CT molecular complexity index is 1660. The van der Waals surface area contributed by atoms with E-state index in [1.807, 2.05) is 0 Å². The third-order valence-electron chi connectivity index (χ3n) is 7.14. The summed E-state index contributed by atoms with van der Waals surface area (Å²) in [6.07, 6.45) is -0.784. The molecule has 4 N–H and O–H groups in total. The predicted molar refractivity (Wildman–Crippen MR) is 150 cm³/mol. The molecule has 0 aliphatic carbocycles. The molecule has 11 heteroatoms. The molecule has 1 saturated heterocycles. The fourth-order valence-corrected chi connectivity index (χ4v) is 7.72. The molecule has 3 unspecified atom stereocenters. The first-order valence-electron chi connectivity index (χ1n) is 12.5. The molecule has 40 heavy (non-hydrogen) atoms. The Morgan fingerprint density at radius 2 is 1.50 bits per heavy atom. The first-order valence-corrected chi connectivity index (χ1v) is 15.6. The van der Waals surface area contributed by atoms with Gasteiger partial charge in [0.2, 0.25) is 10.0 Å². The standard InChI is InChI=1S/C29H27FNO7PS/c30-22-11-6-20(7-12-22)26(32)16-17-28-29(31(40(28,37)38)23-4-2-1-3-5-23)25-15-10-21(18-27(25)33)19-8-13-24(14-9-19)39(34,35)36/h1-15,18,26,28-29,32-33H,16-17H2,(H2,34,35,36). The topological polar surface area (TPSA) is 135 Å². The Balaban J connectivity index is 1.46. The quantitative estimate of drug-likeness (QED) is 0.219. The molecule has 4 aromatic rings. The molecule has 0 amide bonds. The van der Waals surface area contributed by atoms with Crippen molar-refractivity contribution in [3.05, 3.63) is 114 Å². The van der Waals surface area contributed by atoms with Crippen LogP contribution in [-0.4, -0.2) is 33.7 Å². The normalized spacial score (nSPS) is 19.1. The first kappa shape index (κ1) is 28.0.